The van der Waals surface area contributed by atoms with Crippen molar-refractivity contribution in [3.8, 4) is 0 Å². The number of aryl methyl sites for hydroxylation is 2. The van der Waals surface area contributed by atoms with Crippen LogP contribution in [0.3, 0.4) is 0 Å². The number of para-hydroxylation sites is 1. The van der Waals surface area contributed by atoms with E-state index in [2.05, 4.69) is 14.8 Å². The Kier molecular flexibility index (Phi) is 4.60. The van der Waals surface area contributed by atoms with Crippen LogP contribution in [0.25, 0.3) is 10.9 Å². The lowest BCUT2D eigenvalue weighted by Crippen LogP contribution is -2.14. The van der Waals surface area contributed by atoms with Gasteiger partial charge in [0.15, 0.2) is 0 Å². The van der Waals surface area contributed by atoms with Crippen LogP contribution in [0.2, 0.25) is 0 Å². The topological polar surface area (TPSA) is 76.9 Å². The molecular weight excluding hydrogens is 372 g/mol. The molecule has 4 rings (SSSR count). The quantitative estimate of drug-likeness (QED) is 0.559. The minimum atomic E-state index is -3.75. The van der Waals surface area contributed by atoms with E-state index in [0.29, 0.717) is 17.7 Å². The molecule has 0 bridgehead atoms. The third kappa shape index (κ3) is 3.61. The van der Waals surface area contributed by atoms with Crippen LogP contribution in [0.4, 0.5) is 5.69 Å². The first-order valence-corrected chi connectivity index (χ1v) is 10.4. The van der Waals surface area contributed by atoms with Crippen LogP contribution >= 0.6 is 0 Å². The Morgan fingerprint density at radius 1 is 1.00 bits per heavy atom. The molecule has 1 N–H and O–H groups in total. The van der Waals surface area contributed by atoms with E-state index in [1.54, 1.807) is 36.5 Å². The molecule has 0 radical (unpaired) electrons. The predicted octanol–water partition coefficient (Wildman–Crippen LogP) is 3.90. The number of rotatable bonds is 5. The van der Waals surface area contributed by atoms with E-state index in [9.17, 15) is 8.42 Å². The highest BCUT2D eigenvalue weighted by atomic mass is 32.2. The number of sulfonamides is 1. The summed E-state index contributed by atoms with van der Waals surface area (Å²) < 4.78 is 30.3. The van der Waals surface area contributed by atoms with Crippen LogP contribution in [0, 0.1) is 13.8 Å². The summed E-state index contributed by atoms with van der Waals surface area (Å²) in [6.45, 7) is 4.62. The van der Waals surface area contributed by atoms with Gasteiger partial charge in [-0.15, -0.1) is 0 Å². The molecule has 28 heavy (non-hydrogen) atoms. The number of nitrogens with zero attached hydrogens (tertiary/aromatic N) is 3. The summed E-state index contributed by atoms with van der Waals surface area (Å²) in [5.74, 6) is 0. The molecule has 142 valence electrons. The fourth-order valence-electron chi connectivity index (χ4n) is 3.19. The molecule has 0 aliphatic rings. The smallest absolute Gasteiger partial charge is 0.264 e. The molecule has 2 aromatic carbocycles. The van der Waals surface area contributed by atoms with E-state index in [1.807, 2.05) is 48.9 Å². The normalized spacial score (nSPS) is 11.6. The second-order valence-electron chi connectivity index (χ2n) is 6.72. The van der Waals surface area contributed by atoms with E-state index >= 15 is 0 Å². The maximum absolute atomic E-state index is 12.9. The molecule has 4 aromatic rings. The summed E-state index contributed by atoms with van der Waals surface area (Å²) in [5, 5.41) is 5.24. The maximum Gasteiger partial charge on any atom is 0.264 e. The number of hydrogen-bond acceptors (Lipinski definition) is 4. The molecule has 2 heterocycles. The van der Waals surface area contributed by atoms with E-state index in [0.717, 1.165) is 22.3 Å². The maximum atomic E-state index is 12.9. The Balaban J connectivity index is 1.57. The third-order valence-corrected chi connectivity index (χ3v) is 5.94. The van der Waals surface area contributed by atoms with Gasteiger partial charge in [0.25, 0.3) is 10.0 Å². The Morgan fingerprint density at radius 2 is 1.75 bits per heavy atom. The summed E-state index contributed by atoms with van der Waals surface area (Å²) in [5.41, 5.74) is 4.07. The minimum Gasteiger partial charge on any atom is -0.280 e. The van der Waals surface area contributed by atoms with Crippen molar-refractivity contribution in [1.29, 1.82) is 0 Å². The molecule has 7 heteroatoms. The molecule has 6 nitrogen and oxygen atoms in total. The SMILES string of the molecule is Cc1cc(C)n(Cc2ccc(NS(=O)(=O)c3cccc4cccnc34)cc2)n1. The average Bonchev–Trinajstić information content (AvgIpc) is 2.99. The van der Waals surface area contributed by atoms with Crippen molar-refractivity contribution in [2.45, 2.75) is 25.3 Å². The summed E-state index contributed by atoms with van der Waals surface area (Å²) in [6, 6.07) is 18.1. The fourth-order valence-corrected chi connectivity index (χ4v) is 4.43. The summed E-state index contributed by atoms with van der Waals surface area (Å²) in [6.07, 6.45) is 1.59. The second kappa shape index (κ2) is 7.09. The first kappa shape index (κ1) is 18.2. The standard InChI is InChI=1S/C21H20N4O2S/c1-15-13-16(2)25(23-15)14-17-8-10-19(11-9-17)24-28(26,27)20-7-3-5-18-6-4-12-22-21(18)20/h3-13,24H,14H2,1-2H3. The molecular formula is C21H20N4O2S. The molecule has 0 amide bonds. The lowest BCUT2D eigenvalue weighted by atomic mass is 10.2. The van der Waals surface area contributed by atoms with Crippen LogP contribution < -0.4 is 4.72 Å². The van der Waals surface area contributed by atoms with Crippen LogP contribution in [0.15, 0.2) is 71.8 Å². The fraction of sp³-hybridized carbons (Fsp3) is 0.143. The molecule has 0 saturated heterocycles. The molecule has 0 saturated carbocycles. The van der Waals surface area contributed by atoms with E-state index in [4.69, 9.17) is 0 Å². The Bertz CT molecular complexity index is 1240. The number of hydrogen-bond donors (Lipinski definition) is 1. The Labute approximate surface area is 163 Å². The van der Waals surface area contributed by atoms with Gasteiger partial charge >= 0.3 is 0 Å². The monoisotopic (exact) mass is 392 g/mol. The lowest BCUT2D eigenvalue weighted by molar-refractivity contribution is 0.602. The molecule has 0 spiro atoms. The van der Waals surface area contributed by atoms with Crippen molar-refractivity contribution in [3.05, 3.63) is 83.8 Å². The van der Waals surface area contributed by atoms with E-state index in [1.165, 1.54) is 0 Å². The molecule has 0 aliphatic carbocycles. The van der Waals surface area contributed by atoms with Crippen LogP contribution in [0.5, 0.6) is 0 Å². The average molecular weight is 392 g/mol. The molecule has 0 atom stereocenters. The highest BCUT2D eigenvalue weighted by Crippen LogP contribution is 2.23. The number of benzene rings is 2. The molecule has 2 aromatic heterocycles. The van der Waals surface area contributed by atoms with Gasteiger partial charge in [-0.1, -0.05) is 30.3 Å². The third-order valence-electron chi connectivity index (χ3n) is 4.53. The van der Waals surface area contributed by atoms with Gasteiger partial charge in [-0.25, -0.2) is 8.42 Å². The van der Waals surface area contributed by atoms with E-state index in [-0.39, 0.29) is 4.90 Å². The largest absolute Gasteiger partial charge is 0.280 e. The first-order chi connectivity index (χ1) is 13.4. The molecule has 0 aliphatic heterocycles. The highest BCUT2D eigenvalue weighted by Gasteiger charge is 2.18. The number of aromatic nitrogens is 3. The van der Waals surface area contributed by atoms with Crippen molar-refractivity contribution in [1.82, 2.24) is 14.8 Å². The summed E-state index contributed by atoms with van der Waals surface area (Å²) in [4.78, 5) is 4.40. The summed E-state index contributed by atoms with van der Waals surface area (Å²) >= 11 is 0. The Hall–Kier alpha value is -3.19. The minimum absolute atomic E-state index is 0.164. The van der Waals surface area contributed by atoms with Gasteiger partial charge < -0.3 is 0 Å². The lowest BCUT2D eigenvalue weighted by Gasteiger charge is -2.11. The number of fused-ring (bicyclic) bond motifs is 1. The van der Waals surface area contributed by atoms with Gasteiger partial charge in [0, 0.05) is 23.0 Å². The Morgan fingerprint density at radius 3 is 2.46 bits per heavy atom. The molecule has 0 fully saturated rings. The highest BCUT2D eigenvalue weighted by molar-refractivity contribution is 7.93. The van der Waals surface area contributed by atoms with Crippen molar-refractivity contribution in [2.24, 2.45) is 0 Å². The first-order valence-electron chi connectivity index (χ1n) is 8.89. The van der Waals surface area contributed by atoms with Crippen molar-refractivity contribution < 1.29 is 8.42 Å². The molecule has 0 unspecified atom stereocenters. The van der Waals surface area contributed by atoms with Crippen LogP contribution in [0.1, 0.15) is 17.0 Å². The van der Waals surface area contributed by atoms with Gasteiger partial charge in [0.2, 0.25) is 0 Å². The second-order valence-corrected chi connectivity index (χ2v) is 8.37. The van der Waals surface area contributed by atoms with Gasteiger partial charge in [-0.3, -0.25) is 14.4 Å². The van der Waals surface area contributed by atoms with Gasteiger partial charge in [0.05, 0.1) is 17.8 Å². The summed E-state index contributed by atoms with van der Waals surface area (Å²) in [7, 11) is -3.75. The predicted molar refractivity (Wildman–Crippen MR) is 110 cm³/mol. The number of anilines is 1. The number of nitrogens with one attached hydrogen (secondary N) is 1. The van der Waals surface area contributed by atoms with Crippen LogP contribution in [-0.2, 0) is 16.6 Å². The zero-order valence-corrected chi connectivity index (χ0v) is 16.4. The zero-order valence-electron chi connectivity index (χ0n) is 15.6. The van der Waals surface area contributed by atoms with Crippen molar-refractivity contribution >= 4 is 26.6 Å². The zero-order chi connectivity index (χ0) is 19.7. The van der Waals surface area contributed by atoms with Gasteiger partial charge in [-0.05, 0) is 49.7 Å². The van der Waals surface area contributed by atoms with Crippen molar-refractivity contribution in [3.63, 3.8) is 0 Å². The van der Waals surface area contributed by atoms with Gasteiger partial charge in [0.1, 0.15) is 4.90 Å². The van der Waals surface area contributed by atoms with Crippen LogP contribution in [-0.4, -0.2) is 23.2 Å². The van der Waals surface area contributed by atoms with Crippen molar-refractivity contribution in [2.75, 3.05) is 4.72 Å². The van der Waals surface area contributed by atoms with Gasteiger partial charge in [-0.2, -0.15) is 5.10 Å². The van der Waals surface area contributed by atoms with E-state index < -0.39 is 10.0 Å². The number of pyridine rings is 1.